The van der Waals surface area contributed by atoms with Gasteiger partial charge in [0.2, 0.25) is 0 Å². The van der Waals surface area contributed by atoms with Gasteiger partial charge in [0.1, 0.15) is 0 Å². The zero-order valence-corrected chi connectivity index (χ0v) is 8.44. The van der Waals surface area contributed by atoms with E-state index >= 15 is 0 Å². The first-order valence-corrected chi connectivity index (χ1v) is 6.31. The summed E-state index contributed by atoms with van der Waals surface area (Å²) in [6, 6.07) is 0. The third-order valence-corrected chi connectivity index (χ3v) is 4.17. The van der Waals surface area contributed by atoms with Crippen molar-refractivity contribution >= 4 is 21.9 Å². The molecule has 1 aliphatic rings. The monoisotopic (exact) mass is 208 g/mol. The topological polar surface area (TPSA) is 54.4 Å². The molecule has 70 valence electrons. The van der Waals surface area contributed by atoms with E-state index in [-0.39, 0.29) is 5.92 Å². The van der Waals surface area contributed by atoms with E-state index in [0.29, 0.717) is 0 Å². The van der Waals surface area contributed by atoms with Gasteiger partial charge in [-0.25, -0.2) is 0 Å². The fraction of sp³-hybridized carbons (Fsp3) is 0.714. The average Bonchev–Trinajstić information content (AvgIpc) is 2.03. The zero-order valence-electron chi connectivity index (χ0n) is 6.80. The zero-order chi connectivity index (χ0) is 9.19. The van der Waals surface area contributed by atoms with Gasteiger partial charge in [-0.3, -0.25) is 4.55 Å². The van der Waals surface area contributed by atoms with Crippen LogP contribution in [-0.4, -0.2) is 24.0 Å². The first-order chi connectivity index (χ1) is 5.52. The van der Waals surface area contributed by atoms with Crippen LogP contribution in [-0.2, 0) is 10.1 Å². The third kappa shape index (κ3) is 2.50. The minimum absolute atomic E-state index is 0.0266. The standard InChI is InChI=1S/C7H12O3S2/c1-6(12(8,9)10)7-2-4-11-5-3-7/h2,4,6-7H,3,5H2,1H3,(H,8,9,10). The second-order valence-corrected chi connectivity index (χ2v) is 5.66. The van der Waals surface area contributed by atoms with Crippen molar-refractivity contribution in [2.45, 2.75) is 18.6 Å². The molecule has 2 atom stereocenters. The molecule has 0 aromatic carbocycles. The Morgan fingerprint density at radius 2 is 2.33 bits per heavy atom. The third-order valence-electron chi connectivity index (χ3n) is 2.06. The quantitative estimate of drug-likeness (QED) is 0.699. The van der Waals surface area contributed by atoms with Gasteiger partial charge in [0.05, 0.1) is 5.25 Å². The molecule has 3 nitrogen and oxygen atoms in total. The highest BCUT2D eigenvalue weighted by atomic mass is 32.2. The molecule has 1 heterocycles. The van der Waals surface area contributed by atoms with Gasteiger partial charge in [0.15, 0.2) is 0 Å². The normalized spacial score (nSPS) is 27.0. The molecule has 0 saturated carbocycles. The highest BCUT2D eigenvalue weighted by molar-refractivity contribution is 8.02. The molecular weight excluding hydrogens is 196 g/mol. The lowest BCUT2D eigenvalue weighted by molar-refractivity contribution is 0.449. The Balaban J connectivity index is 2.70. The maximum absolute atomic E-state index is 10.7. The van der Waals surface area contributed by atoms with E-state index in [2.05, 4.69) is 0 Å². The Bertz CT molecular complexity index is 268. The molecule has 0 radical (unpaired) electrons. The van der Waals surface area contributed by atoms with Crippen LogP contribution in [0.1, 0.15) is 13.3 Å². The first-order valence-electron chi connectivity index (χ1n) is 3.76. The molecule has 0 saturated heterocycles. The van der Waals surface area contributed by atoms with Gasteiger partial charge in [-0.2, -0.15) is 8.42 Å². The average molecular weight is 208 g/mol. The van der Waals surface area contributed by atoms with Gasteiger partial charge in [0.25, 0.3) is 10.1 Å². The Morgan fingerprint density at radius 3 is 2.75 bits per heavy atom. The summed E-state index contributed by atoms with van der Waals surface area (Å²) in [5.41, 5.74) is 0. The van der Waals surface area contributed by atoms with Crippen LogP contribution in [0.4, 0.5) is 0 Å². The smallest absolute Gasteiger partial charge is 0.268 e. The predicted molar refractivity (Wildman–Crippen MR) is 50.7 cm³/mol. The summed E-state index contributed by atoms with van der Waals surface area (Å²) in [5, 5.41) is 1.23. The highest BCUT2D eigenvalue weighted by Gasteiger charge is 2.26. The molecule has 0 bridgehead atoms. The molecule has 0 spiro atoms. The largest absolute Gasteiger partial charge is 0.285 e. The van der Waals surface area contributed by atoms with Crippen LogP contribution in [0.2, 0.25) is 0 Å². The van der Waals surface area contributed by atoms with Crippen LogP contribution in [0.25, 0.3) is 0 Å². The Hall–Kier alpha value is -0.0000000000000000763. The van der Waals surface area contributed by atoms with E-state index in [0.717, 1.165) is 12.2 Å². The van der Waals surface area contributed by atoms with Gasteiger partial charge >= 0.3 is 0 Å². The van der Waals surface area contributed by atoms with E-state index in [4.69, 9.17) is 4.55 Å². The van der Waals surface area contributed by atoms with E-state index in [1.54, 1.807) is 18.7 Å². The van der Waals surface area contributed by atoms with Crippen molar-refractivity contribution in [3.05, 3.63) is 11.5 Å². The molecule has 0 aromatic heterocycles. The number of rotatable bonds is 2. The first kappa shape index (κ1) is 10.1. The summed E-state index contributed by atoms with van der Waals surface area (Å²) in [7, 11) is -3.86. The number of hydrogen-bond donors (Lipinski definition) is 1. The van der Waals surface area contributed by atoms with Crippen molar-refractivity contribution in [2.24, 2.45) is 5.92 Å². The van der Waals surface area contributed by atoms with Crippen LogP contribution in [0, 0.1) is 5.92 Å². The van der Waals surface area contributed by atoms with Crippen LogP contribution in [0.3, 0.4) is 0 Å². The van der Waals surface area contributed by atoms with E-state index in [1.807, 2.05) is 11.5 Å². The van der Waals surface area contributed by atoms with Crippen molar-refractivity contribution in [3.8, 4) is 0 Å². The van der Waals surface area contributed by atoms with Gasteiger partial charge in [0, 0.05) is 0 Å². The predicted octanol–water partition coefficient (Wildman–Crippen LogP) is 1.53. The molecule has 0 amide bonds. The lowest BCUT2D eigenvalue weighted by Crippen LogP contribution is -2.26. The second-order valence-electron chi connectivity index (χ2n) is 2.87. The Labute approximate surface area is 77.0 Å². The van der Waals surface area contributed by atoms with Gasteiger partial charge < -0.3 is 0 Å². The maximum atomic E-state index is 10.7. The summed E-state index contributed by atoms with van der Waals surface area (Å²) < 4.78 is 30.3. The van der Waals surface area contributed by atoms with Crippen LogP contribution >= 0.6 is 11.8 Å². The van der Waals surface area contributed by atoms with Crippen molar-refractivity contribution in [3.63, 3.8) is 0 Å². The molecule has 0 aliphatic carbocycles. The van der Waals surface area contributed by atoms with Gasteiger partial charge in [-0.05, 0) is 30.4 Å². The second kappa shape index (κ2) is 3.81. The van der Waals surface area contributed by atoms with Gasteiger partial charge in [-0.1, -0.05) is 6.08 Å². The van der Waals surface area contributed by atoms with Crippen molar-refractivity contribution in [2.75, 3.05) is 5.75 Å². The Morgan fingerprint density at radius 1 is 1.67 bits per heavy atom. The summed E-state index contributed by atoms with van der Waals surface area (Å²) in [6.07, 6.45) is 2.68. The van der Waals surface area contributed by atoms with E-state index < -0.39 is 15.4 Å². The summed E-state index contributed by atoms with van der Waals surface area (Å²) in [6.45, 7) is 1.54. The number of thioether (sulfide) groups is 1. The number of allylic oxidation sites excluding steroid dienone is 1. The van der Waals surface area contributed by atoms with Crippen LogP contribution < -0.4 is 0 Å². The maximum Gasteiger partial charge on any atom is 0.268 e. The van der Waals surface area contributed by atoms with Crippen molar-refractivity contribution < 1.29 is 13.0 Å². The molecule has 0 fully saturated rings. The summed E-state index contributed by atoms with van der Waals surface area (Å²) >= 11 is 1.67. The fourth-order valence-electron chi connectivity index (χ4n) is 1.14. The molecule has 12 heavy (non-hydrogen) atoms. The molecule has 2 unspecified atom stereocenters. The van der Waals surface area contributed by atoms with Crippen molar-refractivity contribution in [1.29, 1.82) is 0 Å². The van der Waals surface area contributed by atoms with Crippen molar-refractivity contribution in [1.82, 2.24) is 0 Å². The minimum Gasteiger partial charge on any atom is -0.285 e. The van der Waals surface area contributed by atoms with Crippen LogP contribution in [0.5, 0.6) is 0 Å². The van der Waals surface area contributed by atoms with Gasteiger partial charge in [-0.15, -0.1) is 11.8 Å². The fourth-order valence-corrected chi connectivity index (χ4v) is 2.66. The van der Waals surface area contributed by atoms with E-state index in [9.17, 15) is 8.42 Å². The molecular formula is C7H12O3S2. The molecule has 0 aromatic rings. The molecule has 1 rings (SSSR count). The number of hydrogen-bond acceptors (Lipinski definition) is 3. The van der Waals surface area contributed by atoms with E-state index in [1.165, 1.54) is 0 Å². The summed E-state index contributed by atoms with van der Waals surface area (Å²) in [4.78, 5) is 0. The minimum atomic E-state index is -3.86. The molecule has 1 aliphatic heterocycles. The summed E-state index contributed by atoms with van der Waals surface area (Å²) in [5.74, 6) is 0.905. The highest BCUT2D eigenvalue weighted by Crippen LogP contribution is 2.25. The molecule has 1 N–H and O–H groups in total. The van der Waals surface area contributed by atoms with Crippen LogP contribution in [0.15, 0.2) is 11.5 Å². The SMILES string of the molecule is CC(C1C=CSCC1)S(=O)(=O)O. The lowest BCUT2D eigenvalue weighted by Gasteiger charge is -2.20. The Kier molecular flexibility index (Phi) is 3.20. The lowest BCUT2D eigenvalue weighted by atomic mass is 10.0. The molecule has 5 heteroatoms.